The van der Waals surface area contributed by atoms with Gasteiger partial charge in [0.1, 0.15) is 5.82 Å². The van der Waals surface area contributed by atoms with Crippen LogP contribution in [0.3, 0.4) is 0 Å². The summed E-state index contributed by atoms with van der Waals surface area (Å²) in [5.74, 6) is 1.31. The molecular weight excluding hydrogens is 350 g/mol. The summed E-state index contributed by atoms with van der Waals surface area (Å²) in [4.78, 5) is 16.6. The van der Waals surface area contributed by atoms with Gasteiger partial charge in [-0.1, -0.05) is 23.7 Å². The van der Waals surface area contributed by atoms with Gasteiger partial charge in [-0.2, -0.15) is 0 Å². The predicted molar refractivity (Wildman–Crippen MR) is 104 cm³/mol. The first kappa shape index (κ1) is 18.4. The topological polar surface area (TPSA) is 75.7 Å². The molecule has 3 aromatic rings. The summed E-state index contributed by atoms with van der Waals surface area (Å²) in [5, 5.41) is 3.94. The molecule has 0 amide bonds. The van der Waals surface area contributed by atoms with Crippen molar-refractivity contribution >= 4 is 17.5 Å². The zero-order chi connectivity index (χ0) is 18.4. The minimum atomic E-state index is 0.246. The van der Waals surface area contributed by atoms with Crippen molar-refractivity contribution in [1.29, 1.82) is 0 Å². The Hall–Kier alpha value is -2.44. The summed E-state index contributed by atoms with van der Waals surface area (Å²) in [5.41, 5.74) is 2.59. The van der Waals surface area contributed by atoms with E-state index in [0.29, 0.717) is 17.6 Å². The Labute approximate surface area is 158 Å². The molecule has 0 aliphatic heterocycles. The molecule has 0 aliphatic carbocycles. The van der Waals surface area contributed by atoms with E-state index in [2.05, 4.69) is 20.3 Å². The molecule has 2 N–H and O–H groups in total. The summed E-state index contributed by atoms with van der Waals surface area (Å²) in [6.45, 7) is 5.51. The van der Waals surface area contributed by atoms with Crippen LogP contribution >= 0.6 is 11.6 Å². The highest BCUT2D eigenvalue weighted by atomic mass is 35.5. The number of nitrogens with one attached hydrogen (secondary N) is 2. The van der Waals surface area contributed by atoms with Crippen molar-refractivity contribution in [3.05, 3.63) is 47.9 Å². The standard InChI is InChI=1S/C19H22ClN5O/c1-13(2)26-11-3-8-23-19-24-12-16(18-21-9-10-22-18)17(25-19)14-4-6-15(20)7-5-14/h4-7,9-10,12-13H,3,8,11H2,1-2H3,(H,21,22)(H,23,24,25). The number of nitrogens with zero attached hydrogens (tertiary/aromatic N) is 3. The number of hydrogen-bond acceptors (Lipinski definition) is 5. The Morgan fingerprint density at radius 2 is 2.00 bits per heavy atom. The van der Waals surface area contributed by atoms with Crippen molar-refractivity contribution in [3.8, 4) is 22.6 Å². The summed E-state index contributed by atoms with van der Waals surface area (Å²) in [7, 11) is 0. The number of H-pyrrole nitrogens is 1. The van der Waals surface area contributed by atoms with Gasteiger partial charge in [0.2, 0.25) is 5.95 Å². The highest BCUT2D eigenvalue weighted by molar-refractivity contribution is 6.30. The first-order chi connectivity index (χ1) is 12.6. The summed E-state index contributed by atoms with van der Waals surface area (Å²) < 4.78 is 5.55. The third-order valence-electron chi connectivity index (χ3n) is 3.72. The van der Waals surface area contributed by atoms with Crippen LogP contribution in [0, 0.1) is 0 Å². The Balaban J connectivity index is 1.80. The van der Waals surface area contributed by atoms with E-state index in [9.17, 15) is 0 Å². The number of benzene rings is 1. The average molecular weight is 372 g/mol. The van der Waals surface area contributed by atoms with Gasteiger partial charge in [0, 0.05) is 42.3 Å². The van der Waals surface area contributed by atoms with Crippen molar-refractivity contribution in [2.45, 2.75) is 26.4 Å². The van der Waals surface area contributed by atoms with Crippen LogP contribution in [0.4, 0.5) is 5.95 Å². The summed E-state index contributed by atoms with van der Waals surface area (Å²) >= 11 is 6.01. The van der Waals surface area contributed by atoms with Crippen molar-refractivity contribution in [2.24, 2.45) is 0 Å². The number of anilines is 1. The highest BCUT2D eigenvalue weighted by Gasteiger charge is 2.13. The lowest BCUT2D eigenvalue weighted by Crippen LogP contribution is -2.11. The van der Waals surface area contributed by atoms with Crippen LogP contribution in [0.2, 0.25) is 5.02 Å². The van der Waals surface area contributed by atoms with E-state index in [0.717, 1.165) is 35.6 Å². The molecule has 0 unspecified atom stereocenters. The highest BCUT2D eigenvalue weighted by Crippen LogP contribution is 2.29. The second kappa shape index (κ2) is 8.78. The SMILES string of the molecule is CC(C)OCCCNc1ncc(-c2ncc[nH]2)c(-c2ccc(Cl)cc2)n1. The predicted octanol–water partition coefficient (Wildman–Crippen LogP) is 4.41. The summed E-state index contributed by atoms with van der Waals surface area (Å²) in [6, 6.07) is 7.58. The molecule has 0 saturated carbocycles. The average Bonchev–Trinajstić information content (AvgIpc) is 3.16. The number of aromatic amines is 1. The first-order valence-corrected chi connectivity index (χ1v) is 8.99. The zero-order valence-corrected chi connectivity index (χ0v) is 15.6. The number of hydrogen-bond donors (Lipinski definition) is 2. The molecule has 2 aromatic heterocycles. The van der Waals surface area contributed by atoms with E-state index in [1.807, 2.05) is 38.1 Å². The van der Waals surface area contributed by atoms with Gasteiger partial charge in [-0.05, 0) is 32.4 Å². The van der Waals surface area contributed by atoms with Crippen LogP contribution in [-0.4, -0.2) is 39.2 Å². The molecule has 2 heterocycles. The fourth-order valence-corrected chi connectivity index (χ4v) is 2.60. The summed E-state index contributed by atoms with van der Waals surface area (Å²) in [6.07, 6.45) is 6.40. The molecule has 0 fully saturated rings. The lowest BCUT2D eigenvalue weighted by atomic mass is 10.1. The van der Waals surface area contributed by atoms with Gasteiger partial charge < -0.3 is 15.0 Å². The van der Waals surface area contributed by atoms with Crippen LogP contribution in [0.25, 0.3) is 22.6 Å². The third kappa shape index (κ3) is 4.80. The molecule has 0 bridgehead atoms. The quantitative estimate of drug-likeness (QED) is 0.573. The molecular formula is C19H22ClN5O. The van der Waals surface area contributed by atoms with Gasteiger partial charge >= 0.3 is 0 Å². The lowest BCUT2D eigenvalue weighted by molar-refractivity contribution is 0.0787. The fourth-order valence-electron chi connectivity index (χ4n) is 2.47. The van der Waals surface area contributed by atoms with Crippen molar-refractivity contribution in [3.63, 3.8) is 0 Å². The number of imidazole rings is 1. The van der Waals surface area contributed by atoms with E-state index < -0.39 is 0 Å². The maximum absolute atomic E-state index is 6.01. The largest absolute Gasteiger partial charge is 0.379 e. The van der Waals surface area contributed by atoms with Crippen LogP contribution in [0.5, 0.6) is 0 Å². The monoisotopic (exact) mass is 371 g/mol. The van der Waals surface area contributed by atoms with Crippen LogP contribution in [0.15, 0.2) is 42.9 Å². The van der Waals surface area contributed by atoms with Gasteiger partial charge in [-0.15, -0.1) is 0 Å². The molecule has 1 aromatic carbocycles. The number of ether oxygens (including phenoxy) is 1. The molecule has 3 rings (SSSR count). The first-order valence-electron chi connectivity index (χ1n) is 8.61. The third-order valence-corrected chi connectivity index (χ3v) is 3.97. The van der Waals surface area contributed by atoms with E-state index in [4.69, 9.17) is 21.3 Å². The Morgan fingerprint density at radius 3 is 2.69 bits per heavy atom. The second-order valence-electron chi connectivity index (χ2n) is 6.10. The van der Waals surface area contributed by atoms with E-state index in [-0.39, 0.29) is 6.10 Å². The van der Waals surface area contributed by atoms with Crippen molar-refractivity contribution < 1.29 is 4.74 Å². The number of aromatic nitrogens is 4. The minimum absolute atomic E-state index is 0.246. The Bertz CT molecular complexity index is 818. The van der Waals surface area contributed by atoms with Gasteiger partial charge in [0.15, 0.2) is 0 Å². The van der Waals surface area contributed by atoms with E-state index >= 15 is 0 Å². The smallest absolute Gasteiger partial charge is 0.223 e. The van der Waals surface area contributed by atoms with Gasteiger partial charge in [-0.25, -0.2) is 15.0 Å². The molecule has 0 radical (unpaired) electrons. The maximum atomic E-state index is 6.01. The second-order valence-corrected chi connectivity index (χ2v) is 6.54. The molecule has 6 nitrogen and oxygen atoms in total. The Kier molecular flexibility index (Phi) is 6.20. The molecule has 7 heteroatoms. The van der Waals surface area contributed by atoms with Crippen molar-refractivity contribution in [2.75, 3.05) is 18.5 Å². The molecule has 0 aliphatic rings. The Morgan fingerprint density at radius 1 is 1.19 bits per heavy atom. The normalized spacial score (nSPS) is 11.1. The van der Waals surface area contributed by atoms with Crippen LogP contribution in [-0.2, 0) is 4.74 Å². The van der Waals surface area contributed by atoms with Crippen LogP contribution in [0.1, 0.15) is 20.3 Å². The maximum Gasteiger partial charge on any atom is 0.223 e. The number of rotatable bonds is 8. The van der Waals surface area contributed by atoms with E-state index in [1.54, 1.807) is 18.6 Å². The van der Waals surface area contributed by atoms with Crippen molar-refractivity contribution in [1.82, 2.24) is 19.9 Å². The molecule has 0 spiro atoms. The van der Waals surface area contributed by atoms with E-state index in [1.165, 1.54) is 0 Å². The molecule has 26 heavy (non-hydrogen) atoms. The number of halogens is 1. The molecule has 136 valence electrons. The molecule has 0 atom stereocenters. The van der Waals surface area contributed by atoms with Crippen LogP contribution < -0.4 is 5.32 Å². The molecule has 0 saturated heterocycles. The minimum Gasteiger partial charge on any atom is -0.379 e. The van der Waals surface area contributed by atoms with Gasteiger partial charge in [-0.3, -0.25) is 0 Å². The van der Waals surface area contributed by atoms with Gasteiger partial charge in [0.05, 0.1) is 17.4 Å². The fraction of sp³-hybridized carbons (Fsp3) is 0.316. The van der Waals surface area contributed by atoms with Gasteiger partial charge in [0.25, 0.3) is 0 Å². The lowest BCUT2D eigenvalue weighted by Gasteiger charge is -2.11. The zero-order valence-electron chi connectivity index (χ0n) is 14.9.